The van der Waals surface area contributed by atoms with Gasteiger partial charge >= 0.3 is 6.18 Å². The van der Waals surface area contributed by atoms with Gasteiger partial charge < -0.3 is 10.6 Å². The fourth-order valence-corrected chi connectivity index (χ4v) is 3.06. The third-order valence-electron chi connectivity index (χ3n) is 4.32. The number of hydrogen-bond donors (Lipinski definition) is 2. The Balaban J connectivity index is 0.00000338. The molecule has 1 amide bonds. The molecule has 2 N–H and O–H groups in total. The van der Waals surface area contributed by atoms with Gasteiger partial charge in [-0.1, -0.05) is 30.3 Å². The molecule has 1 heterocycles. The second-order valence-electron chi connectivity index (χ2n) is 6.37. The van der Waals surface area contributed by atoms with Gasteiger partial charge in [0.05, 0.1) is 0 Å². The van der Waals surface area contributed by atoms with E-state index in [4.69, 9.17) is 0 Å². The first kappa shape index (κ1) is 25.9. The van der Waals surface area contributed by atoms with E-state index in [0.717, 1.165) is 5.56 Å². The molecular formula is C17H27Cl2F3N4O. The lowest BCUT2D eigenvalue weighted by Gasteiger charge is -2.36. The molecule has 10 heteroatoms. The molecular weight excluding hydrogens is 404 g/mol. The minimum Gasteiger partial charge on any atom is -0.353 e. The lowest BCUT2D eigenvalue weighted by molar-refractivity contribution is -0.184. The van der Waals surface area contributed by atoms with Crippen LogP contribution in [-0.2, 0) is 4.79 Å². The van der Waals surface area contributed by atoms with Crippen molar-refractivity contribution in [1.82, 2.24) is 20.4 Å². The molecule has 2 rings (SSSR count). The summed E-state index contributed by atoms with van der Waals surface area (Å²) in [6.45, 7) is 1.22. The molecule has 0 radical (unpaired) electrons. The Bertz CT molecular complexity index is 555. The Morgan fingerprint density at radius 1 is 1.19 bits per heavy atom. The van der Waals surface area contributed by atoms with E-state index in [1.165, 1.54) is 4.90 Å². The molecule has 0 aromatic heterocycles. The molecule has 1 aromatic rings. The molecule has 156 valence electrons. The van der Waals surface area contributed by atoms with Crippen LogP contribution >= 0.6 is 24.8 Å². The minimum absolute atomic E-state index is 0. The highest BCUT2D eigenvalue weighted by Crippen LogP contribution is 2.25. The van der Waals surface area contributed by atoms with Crippen LogP contribution < -0.4 is 10.6 Å². The molecule has 0 saturated carbocycles. The Morgan fingerprint density at radius 3 is 2.22 bits per heavy atom. The molecule has 27 heavy (non-hydrogen) atoms. The number of alkyl halides is 3. The predicted octanol–water partition coefficient (Wildman–Crippen LogP) is 2.09. The number of carbonyl (C=O) groups is 1. The second kappa shape index (κ2) is 11.7. The van der Waals surface area contributed by atoms with E-state index >= 15 is 0 Å². The van der Waals surface area contributed by atoms with Crippen molar-refractivity contribution in [3.05, 3.63) is 35.9 Å². The molecule has 1 aliphatic heterocycles. The standard InChI is InChI=1S/C17H25F3N4O.2ClH/c1-23(2)15(13-6-4-3-5-7-13)16(25)22-12-14(17(18,19)20)24-10-8-21-9-11-24;;/h3-7,14-15,21H,8-12H2,1-2H3,(H,22,25);2*1H. The maximum Gasteiger partial charge on any atom is 0.405 e. The van der Waals surface area contributed by atoms with Crippen LogP contribution in [0.2, 0.25) is 0 Å². The lowest BCUT2D eigenvalue weighted by Crippen LogP contribution is -2.58. The Morgan fingerprint density at radius 2 is 1.74 bits per heavy atom. The van der Waals surface area contributed by atoms with Gasteiger partial charge in [0.25, 0.3) is 0 Å². The van der Waals surface area contributed by atoms with Gasteiger partial charge in [-0.15, -0.1) is 24.8 Å². The average Bonchev–Trinajstić information content (AvgIpc) is 2.55. The summed E-state index contributed by atoms with van der Waals surface area (Å²) in [7, 11) is 3.46. The molecule has 2 unspecified atom stereocenters. The number of nitrogens with zero attached hydrogens (tertiary/aromatic N) is 2. The van der Waals surface area contributed by atoms with E-state index in [1.807, 2.05) is 6.07 Å². The van der Waals surface area contributed by atoms with Gasteiger partial charge in [0.1, 0.15) is 12.1 Å². The van der Waals surface area contributed by atoms with E-state index in [-0.39, 0.29) is 24.8 Å². The molecule has 0 bridgehead atoms. The van der Waals surface area contributed by atoms with E-state index in [0.29, 0.717) is 26.2 Å². The highest BCUT2D eigenvalue weighted by Gasteiger charge is 2.44. The van der Waals surface area contributed by atoms with Crippen molar-refractivity contribution in [3.63, 3.8) is 0 Å². The molecule has 1 fully saturated rings. The van der Waals surface area contributed by atoms with Crippen LogP contribution in [0.5, 0.6) is 0 Å². The van der Waals surface area contributed by atoms with Crippen LogP contribution in [0.1, 0.15) is 11.6 Å². The zero-order valence-electron chi connectivity index (χ0n) is 15.3. The predicted molar refractivity (Wildman–Crippen MR) is 105 cm³/mol. The Hall–Kier alpha value is -1.06. The molecule has 5 nitrogen and oxygen atoms in total. The zero-order valence-corrected chi connectivity index (χ0v) is 17.0. The van der Waals surface area contributed by atoms with Crippen LogP contribution in [0.25, 0.3) is 0 Å². The number of halogens is 5. The lowest BCUT2D eigenvalue weighted by atomic mass is 10.1. The van der Waals surface area contributed by atoms with Gasteiger partial charge in [-0.2, -0.15) is 13.2 Å². The largest absolute Gasteiger partial charge is 0.405 e. The van der Waals surface area contributed by atoms with Crippen molar-refractivity contribution in [2.24, 2.45) is 0 Å². The summed E-state index contributed by atoms with van der Waals surface area (Å²) in [5.41, 5.74) is 0.746. The number of benzene rings is 1. The number of piperazine rings is 1. The SMILES string of the molecule is CN(C)C(C(=O)NCC(N1CCNCC1)C(F)(F)F)c1ccccc1.Cl.Cl. The Labute approximate surface area is 170 Å². The zero-order chi connectivity index (χ0) is 18.4. The number of likely N-dealkylation sites (N-methyl/N-ethyl adjacent to an activating group) is 1. The van der Waals surface area contributed by atoms with Crippen LogP contribution in [0.4, 0.5) is 13.2 Å². The monoisotopic (exact) mass is 430 g/mol. The molecule has 1 aliphatic rings. The number of rotatable bonds is 6. The first-order valence-corrected chi connectivity index (χ1v) is 8.31. The number of nitrogens with one attached hydrogen (secondary N) is 2. The van der Waals surface area contributed by atoms with Crippen molar-refractivity contribution in [2.45, 2.75) is 18.3 Å². The summed E-state index contributed by atoms with van der Waals surface area (Å²) < 4.78 is 40.2. The topological polar surface area (TPSA) is 47.6 Å². The third kappa shape index (κ3) is 7.46. The molecule has 1 aromatic carbocycles. The summed E-state index contributed by atoms with van der Waals surface area (Å²) >= 11 is 0. The summed E-state index contributed by atoms with van der Waals surface area (Å²) in [6, 6.07) is 6.73. The van der Waals surface area contributed by atoms with Gasteiger partial charge in [0.2, 0.25) is 5.91 Å². The van der Waals surface area contributed by atoms with Gasteiger partial charge in [0.15, 0.2) is 0 Å². The summed E-state index contributed by atoms with van der Waals surface area (Å²) in [6.07, 6.45) is -4.38. The van der Waals surface area contributed by atoms with E-state index in [1.54, 1.807) is 43.3 Å². The van der Waals surface area contributed by atoms with Gasteiger partial charge in [-0.05, 0) is 19.7 Å². The fourth-order valence-electron chi connectivity index (χ4n) is 3.06. The van der Waals surface area contributed by atoms with Crippen LogP contribution in [-0.4, -0.2) is 74.7 Å². The normalized spacial score (nSPS) is 17.4. The van der Waals surface area contributed by atoms with Gasteiger partial charge in [0, 0.05) is 32.7 Å². The maximum atomic E-state index is 13.4. The highest BCUT2D eigenvalue weighted by atomic mass is 35.5. The molecule has 1 saturated heterocycles. The summed E-state index contributed by atoms with van der Waals surface area (Å²) in [4.78, 5) is 15.6. The maximum absolute atomic E-state index is 13.4. The first-order valence-electron chi connectivity index (χ1n) is 8.31. The number of amides is 1. The van der Waals surface area contributed by atoms with Crippen LogP contribution in [0, 0.1) is 0 Å². The van der Waals surface area contributed by atoms with Crippen molar-refractivity contribution in [1.29, 1.82) is 0 Å². The van der Waals surface area contributed by atoms with Crippen LogP contribution in [0.15, 0.2) is 30.3 Å². The minimum atomic E-state index is -4.38. The van der Waals surface area contributed by atoms with Crippen LogP contribution in [0.3, 0.4) is 0 Å². The van der Waals surface area contributed by atoms with Crippen molar-refractivity contribution < 1.29 is 18.0 Å². The average molecular weight is 431 g/mol. The van der Waals surface area contributed by atoms with E-state index in [9.17, 15) is 18.0 Å². The molecule has 0 aliphatic carbocycles. The van der Waals surface area contributed by atoms with E-state index in [2.05, 4.69) is 10.6 Å². The summed E-state index contributed by atoms with van der Waals surface area (Å²) in [5, 5.41) is 5.54. The number of carbonyl (C=O) groups excluding carboxylic acids is 1. The van der Waals surface area contributed by atoms with E-state index < -0.39 is 30.7 Å². The van der Waals surface area contributed by atoms with Crippen molar-refractivity contribution in [3.8, 4) is 0 Å². The highest BCUT2D eigenvalue weighted by molar-refractivity contribution is 5.85. The van der Waals surface area contributed by atoms with Gasteiger partial charge in [-0.25, -0.2) is 0 Å². The molecule has 2 atom stereocenters. The first-order chi connectivity index (χ1) is 11.8. The third-order valence-corrected chi connectivity index (χ3v) is 4.32. The summed E-state index contributed by atoms with van der Waals surface area (Å²) in [5.74, 6) is -0.430. The van der Waals surface area contributed by atoms with Gasteiger partial charge in [-0.3, -0.25) is 14.6 Å². The number of hydrogen-bond acceptors (Lipinski definition) is 4. The smallest absolute Gasteiger partial charge is 0.353 e. The quantitative estimate of drug-likeness (QED) is 0.725. The second-order valence-corrected chi connectivity index (χ2v) is 6.37. The van der Waals surface area contributed by atoms with Crippen molar-refractivity contribution >= 4 is 30.7 Å². The Kier molecular flexibility index (Phi) is 11.2. The molecule has 0 spiro atoms. The van der Waals surface area contributed by atoms with Crippen molar-refractivity contribution in [2.75, 3.05) is 46.8 Å². The fraction of sp³-hybridized carbons (Fsp3) is 0.588.